The van der Waals surface area contributed by atoms with E-state index >= 15 is 0 Å². The second-order valence-electron chi connectivity index (χ2n) is 13.6. The van der Waals surface area contributed by atoms with Crippen LogP contribution in [0.5, 0.6) is 5.75 Å². The number of carbonyl (C=O) groups is 3. The second kappa shape index (κ2) is 10.4. The summed E-state index contributed by atoms with van der Waals surface area (Å²) in [6, 6.07) is 0.673. The molecule has 42 heavy (non-hydrogen) atoms. The lowest BCUT2D eigenvalue weighted by atomic mass is 9.57. The van der Waals surface area contributed by atoms with Gasteiger partial charge in [-0.25, -0.2) is 0 Å². The molecule has 1 amide bonds. The lowest BCUT2D eigenvalue weighted by Crippen LogP contribution is -2.65. The van der Waals surface area contributed by atoms with E-state index in [0.717, 1.165) is 11.3 Å². The first-order chi connectivity index (χ1) is 19.3. The van der Waals surface area contributed by atoms with Crippen molar-refractivity contribution >= 4 is 28.9 Å². The molecule has 3 aliphatic carbocycles. The molecule has 6 N–H and O–H groups in total. The predicted octanol–water partition coefficient (Wildman–Crippen LogP) is 1.90. The number of benzene rings is 1. The van der Waals surface area contributed by atoms with Gasteiger partial charge in [0, 0.05) is 43.9 Å². The highest BCUT2D eigenvalue weighted by Gasteiger charge is 2.64. The van der Waals surface area contributed by atoms with Crippen molar-refractivity contribution in [1.29, 1.82) is 0 Å². The van der Waals surface area contributed by atoms with Crippen LogP contribution in [0.15, 0.2) is 23.0 Å². The van der Waals surface area contributed by atoms with E-state index < -0.39 is 58.0 Å². The summed E-state index contributed by atoms with van der Waals surface area (Å²) in [6.45, 7) is 9.14. The fraction of sp³-hybridized carbons (Fsp3) is 0.581. The molecule has 0 bridgehead atoms. The van der Waals surface area contributed by atoms with Crippen molar-refractivity contribution in [3.05, 3.63) is 39.7 Å². The second-order valence-corrected chi connectivity index (χ2v) is 13.6. The monoisotopic (exact) mass is 584 g/mol. The number of primary amides is 1. The Labute approximate surface area is 246 Å². The van der Waals surface area contributed by atoms with Gasteiger partial charge in [0.2, 0.25) is 5.78 Å². The zero-order valence-electron chi connectivity index (χ0n) is 25.9. The van der Waals surface area contributed by atoms with Gasteiger partial charge in [-0.05, 0) is 69.4 Å². The molecule has 0 unspecified atom stereocenters. The van der Waals surface area contributed by atoms with Crippen LogP contribution in [0.3, 0.4) is 0 Å². The zero-order chi connectivity index (χ0) is 31.8. The van der Waals surface area contributed by atoms with E-state index in [9.17, 15) is 34.8 Å². The van der Waals surface area contributed by atoms with Crippen LogP contribution in [0.4, 0.5) is 5.69 Å². The van der Waals surface area contributed by atoms with Crippen LogP contribution in [0, 0.1) is 17.3 Å². The van der Waals surface area contributed by atoms with Crippen molar-refractivity contribution in [2.45, 2.75) is 64.8 Å². The number of nitrogens with two attached hydrogens (primary N) is 1. The van der Waals surface area contributed by atoms with Gasteiger partial charge in [0.05, 0.1) is 11.6 Å². The van der Waals surface area contributed by atoms with E-state index in [4.69, 9.17) is 5.73 Å². The lowest BCUT2D eigenvalue weighted by molar-refractivity contribution is -0.153. The smallest absolute Gasteiger partial charge is 0.255 e. The molecule has 0 spiro atoms. The molecular formula is C31H44N4O7. The number of nitrogens with zero attached hydrogens (tertiary/aromatic N) is 3. The lowest BCUT2D eigenvalue weighted by Gasteiger charge is -2.50. The van der Waals surface area contributed by atoms with Gasteiger partial charge in [-0.1, -0.05) is 20.8 Å². The van der Waals surface area contributed by atoms with Crippen molar-refractivity contribution in [1.82, 2.24) is 9.80 Å². The van der Waals surface area contributed by atoms with Gasteiger partial charge in [-0.15, -0.1) is 0 Å². The van der Waals surface area contributed by atoms with Crippen molar-refractivity contribution < 1.29 is 34.8 Å². The number of anilines is 1. The van der Waals surface area contributed by atoms with Gasteiger partial charge >= 0.3 is 0 Å². The van der Waals surface area contributed by atoms with E-state index in [2.05, 4.69) is 32.6 Å². The van der Waals surface area contributed by atoms with Crippen molar-refractivity contribution in [3.63, 3.8) is 0 Å². The van der Waals surface area contributed by atoms with Crippen LogP contribution in [-0.2, 0) is 27.3 Å². The number of phenolic OH excluding ortho intramolecular Hbond substituents is 1. The summed E-state index contributed by atoms with van der Waals surface area (Å²) < 4.78 is 0. The number of fused-ring (bicyclic) bond motifs is 3. The number of phenols is 1. The molecule has 1 saturated carbocycles. The van der Waals surface area contributed by atoms with Crippen LogP contribution >= 0.6 is 0 Å². The number of rotatable bonds is 6. The first-order valence-corrected chi connectivity index (χ1v) is 14.2. The Hall–Kier alpha value is -3.41. The number of aliphatic hydroxyl groups excluding tert-OH is 2. The average Bonchev–Trinajstić information content (AvgIpc) is 2.84. The number of hydrogen-bond acceptors (Lipinski definition) is 10. The van der Waals surface area contributed by atoms with Crippen LogP contribution in [0.1, 0.15) is 50.8 Å². The summed E-state index contributed by atoms with van der Waals surface area (Å²) >= 11 is 0. The Bertz CT molecular complexity index is 1420. The molecule has 0 radical (unpaired) electrons. The van der Waals surface area contributed by atoms with Gasteiger partial charge in [0.1, 0.15) is 22.8 Å². The van der Waals surface area contributed by atoms with E-state index in [0.29, 0.717) is 12.1 Å². The minimum absolute atomic E-state index is 0.00718. The van der Waals surface area contributed by atoms with Crippen molar-refractivity contribution in [2.24, 2.45) is 23.0 Å². The first-order valence-electron chi connectivity index (χ1n) is 14.2. The van der Waals surface area contributed by atoms with Gasteiger partial charge in [0.15, 0.2) is 11.4 Å². The largest absolute Gasteiger partial charge is 0.508 e. The molecule has 11 nitrogen and oxygen atoms in total. The Morgan fingerprint density at radius 1 is 1.12 bits per heavy atom. The van der Waals surface area contributed by atoms with Crippen molar-refractivity contribution in [3.8, 4) is 5.75 Å². The van der Waals surface area contributed by atoms with E-state index in [-0.39, 0.29) is 41.2 Å². The SMILES string of the molecule is C[C@@H](N(C)Cc1cc(O)c2c(c1N(C)C)C[C@H]1C[C@H]3[C@H](N(C)C)C(=O)C(C(N)=O)=C(O)[C@@]3(O)C(=O)C1=C2O)C(C)(C)C. The number of likely N-dealkylation sites (N-methyl/N-ethyl adjacent to an activating group) is 1. The molecule has 0 aliphatic heterocycles. The fourth-order valence-electron chi connectivity index (χ4n) is 7.11. The summed E-state index contributed by atoms with van der Waals surface area (Å²) in [5.41, 5.74) is 4.14. The maximum absolute atomic E-state index is 14.1. The van der Waals surface area contributed by atoms with E-state index in [1.165, 1.54) is 4.90 Å². The molecule has 4 rings (SSSR count). The molecule has 0 heterocycles. The quantitative estimate of drug-likeness (QED) is 0.312. The standard InChI is InChI=1S/C31H44N4O7/c1-14(30(2,3)4)35(9)13-16-12-19(36)21-17(23(16)33(5)6)10-15-11-18-24(34(7)8)26(38)22(29(32)41)28(40)31(18,42)27(39)20(15)25(21)37/h12,14-15,18,24,36-37,40,42H,10-11,13H2,1-9H3,(H2,32,41)/t14-,15+,18+,24+,31+/m1/s1. The minimum Gasteiger partial charge on any atom is -0.508 e. The minimum atomic E-state index is -2.66. The van der Waals surface area contributed by atoms with Crippen LogP contribution < -0.4 is 10.6 Å². The van der Waals surface area contributed by atoms with Crippen LogP contribution in [0.25, 0.3) is 5.76 Å². The Morgan fingerprint density at radius 3 is 2.21 bits per heavy atom. The summed E-state index contributed by atoms with van der Waals surface area (Å²) in [5.74, 6) is -6.60. The number of aliphatic hydroxyl groups is 3. The number of ketones is 2. The van der Waals surface area contributed by atoms with Crippen molar-refractivity contribution in [2.75, 3.05) is 40.1 Å². The van der Waals surface area contributed by atoms with Gasteiger partial charge in [0.25, 0.3) is 5.91 Å². The first kappa shape index (κ1) is 31.5. The Kier molecular flexibility index (Phi) is 7.80. The summed E-state index contributed by atoms with van der Waals surface area (Å²) in [4.78, 5) is 45.2. The van der Waals surface area contributed by atoms with Crippen LogP contribution in [-0.4, -0.2) is 101 Å². The third kappa shape index (κ3) is 4.58. The highest BCUT2D eigenvalue weighted by molar-refractivity contribution is 6.24. The third-order valence-electron chi connectivity index (χ3n) is 9.55. The highest BCUT2D eigenvalue weighted by atomic mass is 16.3. The molecule has 5 atom stereocenters. The van der Waals surface area contributed by atoms with E-state index in [1.54, 1.807) is 20.2 Å². The van der Waals surface area contributed by atoms with Gasteiger partial charge in [-0.2, -0.15) is 0 Å². The number of aromatic hydroxyl groups is 1. The highest BCUT2D eigenvalue weighted by Crippen LogP contribution is 2.54. The Morgan fingerprint density at radius 2 is 1.71 bits per heavy atom. The molecule has 1 fully saturated rings. The molecule has 3 aliphatic rings. The molecular weight excluding hydrogens is 540 g/mol. The summed E-state index contributed by atoms with van der Waals surface area (Å²) in [5, 5.41) is 45.6. The molecule has 230 valence electrons. The van der Waals surface area contributed by atoms with Gasteiger partial charge in [-0.3, -0.25) is 24.2 Å². The average molecular weight is 585 g/mol. The summed E-state index contributed by atoms with van der Waals surface area (Å²) in [7, 11) is 8.93. The number of hydrogen-bond donors (Lipinski definition) is 5. The normalized spacial score (nSPS) is 26.8. The predicted molar refractivity (Wildman–Crippen MR) is 159 cm³/mol. The Balaban J connectivity index is 1.92. The molecule has 0 aromatic heterocycles. The fourth-order valence-corrected chi connectivity index (χ4v) is 7.11. The number of amides is 1. The molecule has 0 saturated heterocycles. The number of carbonyl (C=O) groups excluding carboxylic acids is 3. The maximum Gasteiger partial charge on any atom is 0.255 e. The molecule has 1 aromatic rings. The maximum atomic E-state index is 14.1. The third-order valence-corrected chi connectivity index (χ3v) is 9.55. The van der Waals surface area contributed by atoms with Gasteiger partial charge < -0.3 is 31.1 Å². The zero-order valence-corrected chi connectivity index (χ0v) is 25.9. The van der Waals surface area contributed by atoms with Crippen LogP contribution in [0.2, 0.25) is 0 Å². The number of Topliss-reactive ketones (excluding diaryl/α,β-unsaturated/α-hetero) is 2. The topological polar surface area (TPSA) is 168 Å². The molecule has 11 heteroatoms. The van der Waals surface area contributed by atoms with E-state index in [1.807, 2.05) is 26.0 Å². The summed E-state index contributed by atoms with van der Waals surface area (Å²) in [6.07, 6.45) is 0.284. The molecule has 1 aromatic carbocycles.